The van der Waals surface area contributed by atoms with Gasteiger partial charge in [-0.2, -0.15) is 0 Å². The van der Waals surface area contributed by atoms with E-state index in [0.717, 1.165) is 19.4 Å². The maximum Gasteiger partial charge on any atom is 1.00 e. The fraction of sp³-hybridized carbons (Fsp3) is 0.333. The van der Waals surface area contributed by atoms with Crippen molar-refractivity contribution in [2.75, 3.05) is 11.9 Å². The molecule has 18 heavy (non-hydrogen) atoms. The van der Waals surface area contributed by atoms with Crippen LogP contribution < -0.4 is 45.3 Å². The topological polar surface area (TPSA) is 81.3 Å². The van der Waals surface area contributed by atoms with Gasteiger partial charge in [0.15, 0.2) is 0 Å². The predicted molar refractivity (Wildman–Crippen MR) is 60.4 cm³/mol. The number of carboxylic acids is 1. The summed E-state index contributed by atoms with van der Waals surface area (Å²) in [6, 6.07) is 5.87. The first-order valence-corrected chi connectivity index (χ1v) is 5.52. The summed E-state index contributed by atoms with van der Waals surface area (Å²) in [5.41, 5.74) is 0.535. The van der Waals surface area contributed by atoms with Gasteiger partial charge in [0.1, 0.15) is 0 Å². The minimum Gasteiger partial charge on any atom is -0.545 e. The van der Waals surface area contributed by atoms with Crippen LogP contribution in [0.1, 0.15) is 23.2 Å². The molecule has 0 radical (unpaired) electrons. The maximum atomic E-state index is 11.8. The normalized spacial score (nSPS) is 17.9. The monoisotopic (exact) mass is 256 g/mol. The molecule has 2 N–H and O–H groups in total. The number of anilines is 1. The van der Waals surface area contributed by atoms with Crippen LogP contribution in [-0.2, 0) is 4.79 Å². The molecule has 5 nitrogen and oxygen atoms in total. The van der Waals surface area contributed by atoms with E-state index in [4.69, 9.17) is 0 Å². The second-order valence-electron chi connectivity index (χ2n) is 4.01. The summed E-state index contributed by atoms with van der Waals surface area (Å²) in [4.78, 5) is 22.4. The van der Waals surface area contributed by atoms with E-state index in [-0.39, 0.29) is 47.1 Å². The number of hydrogen-bond donors (Lipinski definition) is 2. The summed E-state index contributed by atoms with van der Waals surface area (Å²) >= 11 is 0. The molecule has 90 valence electrons. The smallest absolute Gasteiger partial charge is 0.545 e. The van der Waals surface area contributed by atoms with E-state index in [0.29, 0.717) is 5.69 Å². The van der Waals surface area contributed by atoms with Crippen LogP contribution in [0.3, 0.4) is 0 Å². The molecule has 1 fully saturated rings. The van der Waals surface area contributed by atoms with Gasteiger partial charge >= 0.3 is 29.6 Å². The Balaban J connectivity index is 0.00000162. The number of rotatable bonds is 3. The molecule has 1 atom stereocenters. The molecule has 0 spiro atoms. The summed E-state index contributed by atoms with van der Waals surface area (Å²) in [6.07, 6.45) is 1.79. The molecule has 0 saturated carbocycles. The van der Waals surface area contributed by atoms with Crippen molar-refractivity contribution in [1.29, 1.82) is 0 Å². The zero-order valence-electron chi connectivity index (χ0n) is 10.2. The molecular weight excluding hydrogens is 243 g/mol. The third-order valence-corrected chi connectivity index (χ3v) is 2.74. The Labute approximate surface area is 127 Å². The minimum atomic E-state index is -1.25. The standard InChI is InChI=1S/C12H14N2O3.Na/c15-11(10-5-2-6-13-10)14-9-4-1-3-8(7-9)12(16)17;/h1,3-4,7,10,13H,2,5-6H2,(H,14,15)(H,16,17);/q;+1/p-1. The number of nitrogens with one attached hydrogen (secondary N) is 2. The molecular formula is C12H13N2NaO3. The number of carboxylic acid groups (broad SMARTS) is 1. The summed E-state index contributed by atoms with van der Waals surface area (Å²) in [7, 11) is 0. The van der Waals surface area contributed by atoms with Crippen LogP contribution in [0.25, 0.3) is 0 Å². The number of amides is 1. The van der Waals surface area contributed by atoms with Crippen LogP contribution >= 0.6 is 0 Å². The Morgan fingerprint density at radius 1 is 1.39 bits per heavy atom. The predicted octanol–water partition coefficient (Wildman–Crippen LogP) is -3.26. The minimum absolute atomic E-state index is 0. The Kier molecular flexibility index (Phi) is 5.81. The summed E-state index contributed by atoms with van der Waals surface area (Å²) in [6.45, 7) is 0.844. The van der Waals surface area contributed by atoms with Gasteiger partial charge in [-0.05, 0) is 37.1 Å². The molecule has 2 rings (SSSR count). The van der Waals surface area contributed by atoms with E-state index in [9.17, 15) is 14.7 Å². The summed E-state index contributed by atoms with van der Waals surface area (Å²) in [5.74, 6) is -1.38. The first-order valence-electron chi connectivity index (χ1n) is 5.52. The number of carbonyl (C=O) groups is 2. The van der Waals surface area contributed by atoms with Crippen molar-refractivity contribution in [2.45, 2.75) is 18.9 Å². The van der Waals surface area contributed by atoms with Gasteiger partial charge in [-0.25, -0.2) is 0 Å². The van der Waals surface area contributed by atoms with Gasteiger partial charge in [0.2, 0.25) is 5.91 Å². The van der Waals surface area contributed by atoms with Crippen LogP contribution in [-0.4, -0.2) is 24.5 Å². The van der Waals surface area contributed by atoms with E-state index in [1.807, 2.05) is 0 Å². The number of carbonyl (C=O) groups excluding carboxylic acids is 2. The van der Waals surface area contributed by atoms with Crippen molar-refractivity contribution in [3.05, 3.63) is 29.8 Å². The average molecular weight is 256 g/mol. The SMILES string of the molecule is O=C([O-])c1cccc(NC(=O)C2CCCN2)c1.[Na+]. The quantitative estimate of drug-likeness (QED) is 0.556. The van der Waals surface area contributed by atoms with Gasteiger partial charge in [0.25, 0.3) is 0 Å². The molecule has 1 heterocycles. The van der Waals surface area contributed by atoms with E-state index in [1.165, 1.54) is 12.1 Å². The second-order valence-corrected chi connectivity index (χ2v) is 4.01. The van der Waals surface area contributed by atoms with Crippen LogP contribution in [0.2, 0.25) is 0 Å². The zero-order chi connectivity index (χ0) is 12.3. The number of benzene rings is 1. The Morgan fingerprint density at radius 2 is 2.17 bits per heavy atom. The second kappa shape index (κ2) is 6.89. The third kappa shape index (κ3) is 3.81. The average Bonchev–Trinajstić information content (AvgIpc) is 2.82. The molecule has 1 amide bonds. The van der Waals surface area contributed by atoms with Crippen LogP contribution in [0.4, 0.5) is 5.69 Å². The molecule has 1 aromatic rings. The molecule has 1 saturated heterocycles. The molecule has 0 aromatic heterocycles. The zero-order valence-corrected chi connectivity index (χ0v) is 12.2. The first-order chi connectivity index (χ1) is 8.16. The maximum absolute atomic E-state index is 11.8. The third-order valence-electron chi connectivity index (χ3n) is 2.74. The first kappa shape index (κ1) is 15.2. The molecule has 1 unspecified atom stereocenters. The van der Waals surface area contributed by atoms with Crippen molar-refractivity contribution in [2.24, 2.45) is 0 Å². The van der Waals surface area contributed by atoms with Crippen molar-refractivity contribution in [3.63, 3.8) is 0 Å². The largest absolute Gasteiger partial charge is 1.00 e. The number of hydrogen-bond acceptors (Lipinski definition) is 4. The summed E-state index contributed by atoms with van der Waals surface area (Å²) in [5, 5.41) is 16.4. The van der Waals surface area contributed by atoms with Crippen molar-refractivity contribution >= 4 is 17.6 Å². The molecule has 1 aliphatic rings. The van der Waals surface area contributed by atoms with Gasteiger partial charge in [0.05, 0.1) is 12.0 Å². The van der Waals surface area contributed by atoms with E-state index in [1.54, 1.807) is 12.1 Å². The van der Waals surface area contributed by atoms with Gasteiger partial charge in [-0.3, -0.25) is 4.79 Å². The Morgan fingerprint density at radius 3 is 2.78 bits per heavy atom. The van der Waals surface area contributed by atoms with E-state index in [2.05, 4.69) is 10.6 Å². The fourth-order valence-electron chi connectivity index (χ4n) is 1.86. The van der Waals surface area contributed by atoms with Crippen LogP contribution in [0, 0.1) is 0 Å². The van der Waals surface area contributed by atoms with Gasteiger partial charge < -0.3 is 20.5 Å². The van der Waals surface area contributed by atoms with Crippen LogP contribution in [0.5, 0.6) is 0 Å². The molecule has 1 aliphatic heterocycles. The van der Waals surface area contributed by atoms with Gasteiger partial charge in [-0.15, -0.1) is 0 Å². The molecule has 0 bridgehead atoms. The van der Waals surface area contributed by atoms with Gasteiger partial charge in [0, 0.05) is 5.69 Å². The van der Waals surface area contributed by atoms with E-state index >= 15 is 0 Å². The molecule has 6 heteroatoms. The number of aromatic carboxylic acids is 1. The molecule has 1 aromatic carbocycles. The van der Waals surface area contributed by atoms with Gasteiger partial charge in [-0.1, -0.05) is 12.1 Å². The summed E-state index contributed by atoms with van der Waals surface area (Å²) < 4.78 is 0. The van der Waals surface area contributed by atoms with Crippen LogP contribution in [0.15, 0.2) is 24.3 Å². The van der Waals surface area contributed by atoms with Crippen molar-refractivity contribution in [1.82, 2.24) is 5.32 Å². The molecule has 0 aliphatic carbocycles. The van der Waals surface area contributed by atoms with Crippen molar-refractivity contribution in [3.8, 4) is 0 Å². The Hall–Kier alpha value is -0.880. The van der Waals surface area contributed by atoms with Crippen molar-refractivity contribution < 1.29 is 44.3 Å². The van der Waals surface area contributed by atoms with E-state index < -0.39 is 5.97 Å². The Bertz CT molecular complexity index is 445. The fourth-order valence-corrected chi connectivity index (χ4v) is 1.86.